The van der Waals surface area contributed by atoms with Gasteiger partial charge in [0.25, 0.3) is 0 Å². The number of carboxylic acids is 1. The van der Waals surface area contributed by atoms with Gasteiger partial charge in [0.1, 0.15) is 36.9 Å². The zero-order chi connectivity index (χ0) is 39.9. The number of carbonyl (C=O) groups excluding carboxylic acids is 5. The molecule has 0 aliphatic heterocycles. The van der Waals surface area contributed by atoms with Crippen molar-refractivity contribution in [3.8, 4) is 0 Å². The first-order valence-electron chi connectivity index (χ1n) is 17.5. The van der Waals surface area contributed by atoms with Crippen molar-refractivity contribution in [1.82, 2.24) is 26.6 Å². The summed E-state index contributed by atoms with van der Waals surface area (Å²) >= 11 is 0. The number of carbonyl (C=O) groups is 6. The van der Waals surface area contributed by atoms with Crippen molar-refractivity contribution in [3.63, 3.8) is 0 Å². The van der Waals surface area contributed by atoms with Gasteiger partial charge in [0, 0.05) is 12.8 Å². The largest absolute Gasteiger partial charge is 0.480 e. The van der Waals surface area contributed by atoms with Crippen LogP contribution in [0, 0.1) is 5.92 Å². The van der Waals surface area contributed by atoms with Gasteiger partial charge >= 0.3 is 18.2 Å². The molecule has 1 saturated carbocycles. The second kappa shape index (κ2) is 20.2. The van der Waals surface area contributed by atoms with Crippen molar-refractivity contribution in [2.75, 3.05) is 13.1 Å². The Hall–Kier alpha value is -5.32. The lowest BCUT2D eigenvalue weighted by atomic mass is 9.81. The average molecular weight is 762 g/mol. The molecule has 0 saturated heterocycles. The molecule has 2 aromatic rings. The third-order valence-electron chi connectivity index (χ3n) is 8.30. The van der Waals surface area contributed by atoms with E-state index in [4.69, 9.17) is 19.3 Å². The van der Waals surface area contributed by atoms with Gasteiger partial charge < -0.3 is 45.9 Å². The van der Waals surface area contributed by atoms with Crippen LogP contribution in [0.5, 0.6) is 0 Å². The van der Waals surface area contributed by atoms with E-state index in [1.165, 1.54) is 6.92 Å². The standard InChI is InChI=1S/C37H49F2N5O10/c1-23(52-21-24-11-7-5-8-12-24)29(32(48)40-20-28(45)46)43-31(47)27(19-41-34(50)53-22-25-13-9-6-10-14-25)42-33(49)30(44-35(51)54-36(2,3)4)26-15-17-37(38,39)18-16-26/h5-14,23,26-27,29-30H,15-22H2,1-4H3,(H,40,48)(H,41,50)(H,42,49)(H,43,47)(H,44,51)(H,45,46)/t23-,27-,29-,30?/m0/s1. The monoisotopic (exact) mass is 761 g/mol. The van der Waals surface area contributed by atoms with Gasteiger partial charge in [0.05, 0.1) is 19.3 Å². The molecule has 1 aliphatic rings. The predicted octanol–water partition coefficient (Wildman–Crippen LogP) is 3.41. The van der Waals surface area contributed by atoms with Crippen LogP contribution in [0.4, 0.5) is 18.4 Å². The predicted molar refractivity (Wildman–Crippen MR) is 190 cm³/mol. The molecule has 0 aromatic heterocycles. The van der Waals surface area contributed by atoms with Crippen molar-refractivity contribution in [3.05, 3.63) is 71.8 Å². The molecule has 296 valence electrons. The maximum atomic E-state index is 14.1. The Morgan fingerprint density at radius 3 is 1.93 bits per heavy atom. The highest BCUT2D eigenvalue weighted by Gasteiger charge is 2.42. The second-order valence-electron chi connectivity index (χ2n) is 13.9. The topological polar surface area (TPSA) is 210 Å². The lowest BCUT2D eigenvalue weighted by Crippen LogP contribution is -2.62. The van der Waals surface area contributed by atoms with Gasteiger partial charge in [0.15, 0.2) is 0 Å². The minimum atomic E-state index is -2.95. The van der Waals surface area contributed by atoms with Crippen LogP contribution >= 0.6 is 0 Å². The van der Waals surface area contributed by atoms with Gasteiger partial charge in [-0.15, -0.1) is 0 Å². The quantitative estimate of drug-likeness (QED) is 0.138. The summed E-state index contributed by atoms with van der Waals surface area (Å²) in [7, 11) is 0. The van der Waals surface area contributed by atoms with Crippen LogP contribution in [0.15, 0.2) is 60.7 Å². The van der Waals surface area contributed by atoms with Crippen LogP contribution < -0.4 is 26.6 Å². The zero-order valence-electron chi connectivity index (χ0n) is 30.7. The van der Waals surface area contributed by atoms with E-state index in [1.54, 1.807) is 81.4 Å². The Balaban J connectivity index is 1.86. The Morgan fingerprint density at radius 2 is 1.37 bits per heavy atom. The number of hydrogen-bond acceptors (Lipinski definition) is 9. The number of hydrogen-bond donors (Lipinski definition) is 6. The smallest absolute Gasteiger partial charge is 0.408 e. The number of nitrogens with one attached hydrogen (secondary N) is 5. The molecule has 15 nitrogen and oxygen atoms in total. The van der Waals surface area contributed by atoms with E-state index in [-0.39, 0.29) is 26.1 Å². The lowest BCUT2D eigenvalue weighted by Gasteiger charge is -2.34. The van der Waals surface area contributed by atoms with E-state index in [9.17, 15) is 37.5 Å². The summed E-state index contributed by atoms with van der Waals surface area (Å²) < 4.78 is 44.6. The van der Waals surface area contributed by atoms with E-state index in [2.05, 4.69) is 26.6 Å². The third kappa shape index (κ3) is 15.3. The summed E-state index contributed by atoms with van der Waals surface area (Å²) in [5, 5.41) is 21.2. The van der Waals surface area contributed by atoms with E-state index >= 15 is 0 Å². The molecular formula is C37H49F2N5O10. The van der Waals surface area contributed by atoms with Crippen molar-refractivity contribution in [2.45, 2.75) is 102 Å². The summed E-state index contributed by atoms with van der Waals surface area (Å²) in [5.74, 6) is -7.95. The van der Waals surface area contributed by atoms with Crippen LogP contribution in [0.3, 0.4) is 0 Å². The van der Waals surface area contributed by atoms with Crippen molar-refractivity contribution in [2.24, 2.45) is 5.92 Å². The van der Waals surface area contributed by atoms with E-state index in [0.29, 0.717) is 5.56 Å². The number of rotatable bonds is 17. The fraction of sp³-hybridized carbons (Fsp3) is 0.514. The van der Waals surface area contributed by atoms with Crippen molar-refractivity contribution >= 4 is 35.9 Å². The number of ether oxygens (including phenoxy) is 3. The molecule has 0 bridgehead atoms. The number of alkyl carbamates (subject to hydrolysis) is 2. The van der Waals surface area contributed by atoms with E-state index < -0.39 is 103 Å². The van der Waals surface area contributed by atoms with Crippen molar-refractivity contribution < 1.29 is 56.9 Å². The van der Waals surface area contributed by atoms with Gasteiger partial charge in [0.2, 0.25) is 23.6 Å². The molecule has 0 radical (unpaired) electrons. The van der Waals surface area contributed by atoms with Crippen LogP contribution in [0.2, 0.25) is 0 Å². The van der Waals surface area contributed by atoms with Crippen LogP contribution in [-0.4, -0.2) is 89.8 Å². The number of halogens is 2. The van der Waals surface area contributed by atoms with Gasteiger partial charge in [-0.25, -0.2) is 18.4 Å². The van der Waals surface area contributed by atoms with Crippen LogP contribution in [0.1, 0.15) is 64.5 Å². The molecule has 1 unspecified atom stereocenters. The Kier molecular flexibility index (Phi) is 16.1. The normalized spacial score (nSPS) is 16.3. The molecule has 54 heavy (non-hydrogen) atoms. The molecule has 1 fully saturated rings. The fourth-order valence-corrected chi connectivity index (χ4v) is 5.48. The number of alkyl halides is 2. The maximum absolute atomic E-state index is 14.1. The van der Waals surface area contributed by atoms with E-state index in [0.717, 1.165) is 5.56 Å². The minimum Gasteiger partial charge on any atom is -0.480 e. The lowest BCUT2D eigenvalue weighted by molar-refractivity contribution is -0.140. The number of aliphatic carboxylic acids is 1. The molecule has 0 spiro atoms. The number of benzene rings is 2. The molecular weight excluding hydrogens is 712 g/mol. The minimum absolute atomic E-state index is 0.0218. The molecule has 17 heteroatoms. The van der Waals surface area contributed by atoms with Crippen LogP contribution in [0.25, 0.3) is 0 Å². The summed E-state index contributed by atoms with van der Waals surface area (Å²) in [4.78, 5) is 77.8. The molecule has 6 N–H and O–H groups in total. The van der Waals surface area contributed by atoms with Crippen molar-refractivity contribution in [1.29, 1.82) is 0 Å². The second-order valence-corrected chi connectivity index (χ2v) is 13.9. The van der Waals surface area contributed by atoms with Gasteiger partial charge in [-0.2, -0.15) is 0 Å². The molecule has 2 aromatic carbocycles. The fourth-order valence-electron chi connectivity index (χ4n) is 5.48. The first kappa shape index (κ1) is 43.1. The zero-order valence-corrected chi connectivity index (χ0v) is 30.7. The molecule has 4 atom stereocenters. The highest BCUT2D eigenvalue weighted by atomic mass is 19.3. The maximum Gasteiger partial charge on any atom is 0.408 e. The summed E-state index contributed by atoms with van der Waals surface area (Å²) in [6, 6.07) is 13.0. The number of carboxylic acid groups (broad SMARTS) is 1. The average Bonchev–Trinajstić information content (AvgIpc) is 3.11. The first-order valence-corrected chi connectivity index (χ1v) is 17.5. The summed E-state index contributed by atoms with van der Waals surface area (Å²) in [6.45, 7) is 4.80. The highest BCUT2D eigenvalue weighted by molar-refractivity contribution is 5.95. The SMILES string of the molecule is C[C@H](OCc1ccccc1)[C@H](NC(=O)[C@H](CNC(=O)OCc1ccccc1)NC(=O)C(NC(=O)OC(C)(C)C)C1CCC(F)(F)CC1)C(=O)NCC(=O)O. The summed E-state index contributed by atoms with van der Waals surface area (Å²) in [5.41, 5.74) is 0.448. The summed E-state index contributed by atoms with van der Waals surface area (Å²) in [6.07, 6.45) is -4.35. The molecule has 0 heterocycles. The Labute approximate surface area is 312 Å². The Bertz CT molecular complexity index is 1570. The van der Waals surface area contributed by atoms with Gasteiger partial charge in [-0.1, -0.05) is 60.7 Å². The first-order chi connectivity index (χ1) is 25.4. The molecule has 1 aliphatic carbocycles. The number of amides is 5. The van der Waals surface area contributed by atoms with Crippen LogP contribution in [-0.2, 0) is 46.6 Å². The Morgan fingerprint density at radius 1 is 0.796 bits per heavy atom. The van der Waals surface area contributed by atoms with Gasteiger partial charge in [-0.05, 0) is 57.6 Å². The molecule has 3 rings (SSSR count). The third-order valence-corrected chi connectivity index (χ3v) is 8.30. The van der Waals surface area contributed by atoms with E-state index in [1.807, 2.05) is 0 Å². The molecule has 5 amide bonds. The highest BCUT2D eigenvalue weighted by Crippen LogP contribution is 2.37. The van der Waals surface area contributed by atoms with Gasteiger partial charge in [-0.3, -0.25) is 19.2 Å².